The van der Waals surface area contributed by atoms with E-state index >= 15 is 0 Å². The second-order valence-corrected chi connectivity index (χ2v) is 6.71. The average molecular weight is 387 g/mol. The fourth-order valence-electron chi connectivity index (χ4n) is 2.70. The van der Waals surface area contributed by atoms with Gasteiger partial charge in [0.15, 0.2) is 5.15 Å². The first-order valence-corrected chi connectivity index (χ1v) is 9.18. The number of anilines is 1. The number of hydrogen-bond acceptors (Lipinski definition) is 4. The molecule has 26 heavy (non-hydrogen) atoms. The zero-order valence-corrected chi connectivity index (χ0v) is 15.9. The lowest BCUT2D eigenvalue weighted by Gasteiger charge is -2.21. The van der Waals surface area contributed by atoms with E-state index in [2.05, 4.69) is 22.7 Å². The van der Waals surface area contributed by atoms with Crippen molar-refractivity contribution in [3.8, 4) is 5.69 Å². The van der Waals surface area contributed by atoms with E-state index in [9.17, 15) is 4.79 Å². The Morgan fingerprint density at radius 2 is 2.04 bits per heavy atom. The molecule has 1 atom stereocenters. The lowest BCUT2D eigenvalue weighted by atomic mass is 10.1. The minimum atomic E-state index is -0.176. The van der Waals surface area contributed by atoms with Crippen molar-refractivity contribution < 1.29 is 4.79 Å². The third kappa shape index (κ3) is 4.08. The Morgan fingerprint density at radius 1 is 1.27 bits per heavy atom. The second kappa shape index (κ2) is 8.38. The van der Waals surface area contributed by atoms with E-state index in [1.165, 1.54) is 0 Å². The number of pyridine rings is 1. The summed E-state index contributed by atoms with van der Waals surface area (Å²) in [5, 5.41) is 4.40. The highest BCUT2D eigenvalue weighted by atomic mass is 35.5. The zero-order valence-electron chi connectivity index (χ0n) is 14.3. The Hall–Kier alpha value is -2.31. The van der Waals surface area contributed by atoms with Crippen molar-refractivity contribution in [3.05, 3.63) is 71.8 Å². The highest BCUT2D eigenvalue weighted by molar-refractivity contribution is 7.80. The van der Waals surface area contributed by atoms with Gasteiger partial charge in [0.1, 0.15) is 5.69 Å². The summed E-state index contributed by atoms with van der Waals surface area (Å²) in [4.78, 5) is 18.5. The molecule has 3 rings (SSSR count). The molecule has 0 radical (unpaired) electrons. The highest BCUT2D eigenvalue weighted by Crippen LogP contribution is 2.29. The Labute approximate surface area is 163 Å². The maximum absolute atomic E-state index is 12.8. The molecule has 0 spiro atoms. The molecule has 1 amide bonds. The van der Waals surface area contributed by atoms with Gasteiger partial charge in [0.2, 0.25) is 5.91 Å². The predicted molar refractivity (Wildman–Crippen MR) is 107 cm³/mol. The van der Waals surface area contributed by atoms with Crippen LogP contribution in [-0.4, -0.2) is 27.2 Å². The molecule has 0 aliphatic carbocycles. The van der Waals surface area contributed by atoms with Gasteiger partial charge in [0.05, 0.1) is 18.1 Å². The molecule has 1 unspecified atom stereocenters. The molecule has 1 aromatic carbocycles. The van der Waals surface area contributed by atoms with Crippen LogP contribution in [-0.2, 0) is 4.79 Å². The molecule has 2 heterocycles. The van der Waals surface area contributed by atoms with Gasteiger partial charge in [-0.15, -0.1) is 0 Å². The summed E-state index contributed by atoms with van der Waals surface area (Å²) in [7, 11) is 0. The summed E-state index contributed by atoms with van der Waals surface area (Å²) in [6, 6.07) is 13.4. The smallest absolute Gasteiger partial charge is 0.228 e. The number of nitrogens with zero attached hydrogens (tertiary/aromatic N) is 4. The SMILES string of the molecule is CCN(C(=O)CC(S)c1ccccc1)c1cn(-c2cccnc2)nc1Cl. The molecule has 0 aliphatic heterocycles. The normalized spacial score (nSPS) is 12.0. The molecule has 7 heteroatoms. The number of thiol groups is 1. The molecule has 0 N–H and O–H groups in total. The molecule has 5 nitrogen and oxygen atoms in total. The number of benzene rings is 1. The van der Waals surface area contributed by atoms with E-state index in [0.717, 1.165) is 11.3 Å². The van der Waals surface area contributed by atoms with Crippen LogP contribution in [0.4, 0.5) is 5.69 Å². The van der Waals surface area contributed by atoms with Crippen LogP contribution in [0.3, 0.4) is 0 Å². The van der Waals surface area contributed by atoms with Crippen molar-refractivity contribution >= 4 is 35.8 Å². The third-order valence-corrected chi connectivity index (χ3v) is 4.77. The Balaban J connectivity index is 1.80. The zero-order chi connectivity index (χ0) is 18.5. The first-order chi connectivity index (χ1) is 12.6. The number of halogens is 1. The highest BCUT2D eigenvalue weighted by Gasteiger charge is 2.22. The number of carbonyl (C=O) groups excluding carboxylic acids is 1. The van der Waals surface area contributed by atoms with Gasteiger partial charge >= 0.3 is 0 Å². The van der Waals surface area contributed by atoms with Gasteiger partial charge < -0.3 is 4.90 Å². The molecule has 0 saturated heterocycles. The number of aromatic nitrogens is 3. The maximum Gasteiger partial charge on any atom is 0.228 e. The molecule has 2 aromatic heterocycles. The molecule has 0 bridgehead atoms. The second-order valence-electron chi connectivity index (χ2n) is 5.73. The summed E-state index contributed by atoms with van der Waals surface area (Å²) in [5.74, 6) is -0.0519. The first kappa shape index (κ1) is 18.5. The van der Waals surface area contributed by atoms with Gasteiger partial charge in [-0.25, -0.2) is 4.68 Å². The van der Waals surface area contributed by atoms with Crippen LogP contribution in [0, 0.1) is 0 Å². The van der Waals surface area contributed by atoms with Crippen molar-refractivity contribution in [1.29, 1.82) is 0 Å². The van der Waals surface area contributed by atoms with Gasteiger partial charge in [0.25, 0.3) is 0 Å². The van der Waals surface area contributed by atoms with Crippen LogP contribution in [0.15, 0.2) is 61.1 Å². The summed E-state index contributed by atoms with van der Waals surface area (Å²) in [5.41, 5.74) is 2.37. The molecule has 3 aromatic rings. The monoisotopic (exact) mass is 386 g/mol. The minimum absolute atomic E-state index is 0.0519. The van der Waals surface area contributed by atoms with Crippen LogP contribution >= 0.6 is 24.2 Å². The topological polar surface area (TPSA) is 51.0 Å². The van der Waals surface area contributed by atoms with Gasteiger partial charge in [-0.3, -0.25) is 9.78 Å². The molecule has 0 aliphatic rings. The van der Waals surface area contributed by atoms with Crippen LogP contribution in [0.1, 0.15) is 24.2 Å². The summed E-state index contributed by atoms with van der Waals surface area (Å²) in [6.07, 6.45) is 5.39. The predicted octanol–water partition coefficient (Wildman–Crippen LogP) is 4.33. The van der Waals surface area contributed by atoms with Crippen LogP contribution in [0.5, 0.6) is 0 Å². The van der Waals surface area contributed by atoms with Gasteiger partial charge in [-0.2, -0.15) is 17.7 Å². The van der Waals surface area contributed by atoms with Crippen LogP contribution in [0.25, 0.3) is 5.69 Å². The van der Waals surface area contributed by atoms with E-state index in [4.69, 9.17) is 11.6 Å². The van der Waals surface area contributed by atoms with E-state index < -0.39 is 0 Å². The van der Waals surface area contributed by atoms with Gasteiger partial charge in [0, 0.05) is 24.4 Å². The number of rotatable bonds is 6. The van der Waals surface area contributed by atoms with Crippen molar-refractivity contribution in [1.82, 2.24) is 14.8 Å². The van der Waals surface area contributed by atoms with E-state index in [0.29, 0.717) is 12.2 Å². The van der Waals surface area contributed by atoms with Crippen LogP contribution < -0.4 is 4.90 Å². The molecule has 0 fully saturated rings. The largest absolute Gasteiger partial charge is 0.308 e. The summed E-state index contributed by atoms with van der Waals surface area (Å²) >= 11 is 10.9. The van der Waals surface area contributed by atoms with Crippen molar-refractivity contribution in [2.45, 2.75) is 18.6 Å². The lowest BCUT2D eigenvalue weighted by Crippen LogP contribution is -2.31. The standard InChI is InChI=1S/C19H19ClN4OS/c1-2-23(18(25)11-17(26)14-7-4-3-5-8-14)16-13-24(22-19(16)20)15-9-6-10-21-12-15/h3-10,12-13,17,26H,2,11H2,1H3. The van der Waals surface area contributed by atoms with E-state index in [-0.39, 0.29) is 22.7 Å². The van der Waals surface area contributed by atoms with Crippen molar-refractivity contribution in [2.24, 2.45) is 0 Å². The quantitative estimate of drug-likeness (QED) is 0.641. The molecular formula is C19H19ClN4OS. The van der Waals surface area contributed by atoms with Gasteiger partial charge in [-0.1, -0.05) is 41.9 Å². The molecule has 0 saturated carbocycles. The number of carbonyl (C=O) groups is 1. The Bertz CT molecular complexity index is 870. The number of hydrogen-bond donors (Lipinski definition) is 1. The third-order valence-electron chi connectivity index (χ3n) is 4.02. The maximum atomic E-state index is 12.8. The first-order valence-electron chi connectivity index (χ1n) is 8.29. The van der Waals surface area contributed by atoms with Crippen LogP contribution in [0.2, 0.25) is 5.15 Å². The van der Waals surface area contributed by atoms with E-state index in [1.54, 1.807) is 28.2 Å². The summed E-state index contributed by atoms with van der Waals surface area (Å²) in [6.45, 7) is 2.40. The van der Waals surface area contributed by atoms with Gasteiger partial charge in [-0.05, 0) is 24.6 Å². The van der Waals surface area contributed by atoms with Crippen molar-refractivity contribution in [3.63, 3.8) is 0 Å². The van der Waals surface area contributed by atoms with E-state index in [1.807, 2.05) is 49.4 Å². The lowest BCUT2D eigenvalue weighted by molar-refractivity contribution is -0.118. The Morgan fingerprint density at radius 3 is 2.69 bits per heavy atom. The Kier molecular flexibility index (Phi) is 5.96. The fourth-order valence-corrected chi connectivity index (χ4v) is 3.26. The average Bonchev–Trinajstić information content (AvgIpc) is 3.05. The minimum Gasteiger partial charge on any atom is -0.308 e. The van der Waals surface area contributed by atoms with Crippen molar-refractivity contribution in [2.75, 3.05) is 11.4 Å². The fraction of sp³-hybridized carbons (Fsp3) is 0.211. The number of amides is 1. The summed E-state index contributed by atoms with van der Waals surface area (Å²) < 4.78 is 1.62. The molecular weight excluding hydrogens is 368 g/mol. The molecule has 134 valence electrons.